The van der Waals surface area contributed by atoms with E-state index in [1.165, 1.54) is 12.6 Å². The molecule has 1 fully saturated rings. The third kappa shape index (κ3) is 4.17. The van der Waals surface area contributed by atoms with Gasteiger partial charge in [0.2, 0.25) is 0 Å². The number of pyridine rings is 1. The Morgan fingerprint density at radius 3 is 2.86 bits per heavy atom. The minimum atomic E-state index is -3.57. The quantitative estimate of drug-likeness (QED) is 0.847. The number of nitrogens with one attached hydrogen (secondary N) is 2. The normalized spacial score (nSPS) is 23.0. The Bertz CT molecular complexity index is 560. The molecule has 1 aromatic rings. The van der Waals surface area contributed by atoms with Gasteiger partial charge < -0.3 is 5.32 Å². The van der Waals surface area contributed by atoms with Crippen LogP contribution < -0.4 is 10.0 Å². The van der Waals surface area contributed by atoms with Gasteiger partial charge in [0, 0.05) is 18.8 Å². The average molecular weight is 311 g/mol. The SMILES string of the molecule is CCNc1cccnc1S(=O)(=O)NC1CCCC(CC)C1. The lowest BCUT2D eigenvalue weighted by molar-refractivity contribution is 0.301. The zero-order valence-electron chi connectivity index (χ0n) is 12.8. The van der Waals surface area contributed by atoms with Gasteiger partial charge in [-0.25, -0.2) is 18.1 Å². The summed E-state index contributed by atoms with van der Waals surface area (Å²) >= 11 is 0. The summed E-state index contributed by atoms with van der Waals surface area (Å²) < 4.78 is 28.0. The zero-order valence-corrected chi connectivity index (χ0v) is 13.6. The van der Waals surface area contributed by atoms with Crippen LogP contribution in [0, 0.1) is 5.92 Å². The fraction of sp³-hybridized carbons (Fsp3) is 0.667. The van der Waals surface area contributed by atoms with Gasteiger partial charge in [-0.3, -0.25) is 0 Å². The third-order valence-electron chi connectivity index (χ3n) is 4.07. The molecule has 1 aliphatic carbocycles. The van der Waals surface area contributed by atoms with Crippen LogP contribution >= 0.6 is 0 Å². The summed E-state index contributed by atoms with van der Waals surface area (Å²) in [6, 6.07) is 3.52. The highest BCUT2D eigenvalue weighted by Crippen LogP contribution is 2.28. The van der Waals surface area contributed by atoms with Crippen molar-refractivity contribution in [2.24, 2.45) is 5.92 Å². The van der Waals surface area contributed by atoms with E-state index in [9.17, 15) is 8.42 Å². The predicted octanol–water partition coefficient (Wildman–Crippen LogP) is 2.76. The van der Waals surface area contributed by atoms with Crippen molar-refractivity contribution in [1.29, 1.82) is 0 Å². The topological polar surface area (TPSA) is 71.1 Å². The second-order valence-corrected chi connectivity index (χ2v) is 7.27. The minimum absolute atomic E-state index is 0.0326. The van der Waals surface area contributed by atoms with E-state index in [2.05, 4.69) is 21.9 Å². The summed E-state index contributed by atoms with van der Waals surface area (Å²) in [4.78, 5) is 4.06. The Balaban J connectivity index is 2.15. The van der Waals surface area contributed by atoms with Crippen LogP contribution in [0.4, 0.5) is 5.69 Å². The second kappa shape index (κ2) is 7.22. The number of nitrogens with zero attached hydrogens (tertiary/aromatic N) is 1. The van der Waals surface area contributed by atoms with E-state index in [0.717, 1.165) is 25.7 Å². The molecule has 0 radical (unpaired) electrons. The molecule has 1 aromatic heterocycles. The maximum atomic E-state index is 12.6. The van der Waals surface area contributed by atoms with Crippen LogP contribution in [0.5, 0.6) is 0 Å². The van der Waals surface area contributed by atoms with Crippen molar-refractivity contribution in [2.45, 2.75) is 57.0 Å². The summed E-state index contributed by atoms with van der Waals surface area (Å²) in [5.74, 6) is 0.628. The van der Waals surface area contributed by atoms with Crippen LogP contribution in [-0.4, -0.2) is 26.0 Å². The van der Waals surface area contributed by atoms with E-state index in [1.54, 1.807) is 12.1 Å². The molecule has 0 aliphatic heterocycles. The molecule has 1 aliphatic rings. The average Bonchev–Trinajstić information content (AvgIpc) is 2.48. The number of hydrogen-bond acceptors (Lipinski definition) is 4. The van der Waals surface area contributed by atoms with Crippen molar-refractivity contribution >= 4 is 15.7 Å². The molecule has 0 saturated heterocycles. The van der Waals surface area contributed by atoms with Gasteiger partial charge in [-0.1, -0.05) is 26.2 Å². The Hall–Kier alpha value is -1.14. The Morgan fingerprint density at radius 1 is 1.33 bits per heavy atom. The van der Waals surface area contributed by atoms with Gasteiger partial charge in [0.15, 0.2) is 5.03 Å². The van der Waals surface area contributed by atoms with Gasteiger partial charge in [0.05, 0.1) is 5.69 Å². The van der Waals surface area contributed by atoms with Crippen LogP contribution in [0.1, 0.15) is 46.0 Å². The van der Waals surface area contributed by atoms with Gasteiger partial charge in [-0.2, -0.15) is 0 Å². The molecule has 6 heteroatoms. The van der Waals surface area contributed by atoms with E-state index in [0.29, 0.717) is 18.2 Å². The smallest absolute Gasteiger partial charge is 0.260 e. The molecular formula is C15H25N3O2S. The molecule has 21 heavy (non-hydrogen) atoms. The van der Waals surface area contributed by atoms with Gasteiger partial charge in [-0.05, 0) is 37.8 Å². The molecule has 0 bridgehead atoms. The first-order valence-corrected chi connectivity index (χ1v) is 9.26. The standard InChI is InChI=1S/C15H25N3O2S/c1-3-12-7-5-8-13(11-12)18-21(19,20)15-14(16-4-2)9-6-10-17-15/h6,9-10,12-13,16,18H,3-5,7-8,11H2,1-2H3. The Kier molecular flexibility index (Phi) is 5.58. The molecular weight excluding hydrogens is 286 g/mol. The third-order valence-corrected chi connectivity index (χ3v) is 5.55. The molecule has 0 amide bonds. The fourth-order valence-electron chi connectivity index (χ4n) is 2.97. The van der Waals surface area contributed by atoms with Crippen molar-refractivity contribution in [3.63, 3.8) is 0 Å². The number of sulfonamides is 1. The number of hydrogen-bond donors (Lipinski definition) is 2. The second-order valence-electron chi connectivity index (χ2n) is 5.65. The molecule has 0 spiro atoms. The Labute approximate surface area is 127 Å². The Morgan fingerprint density at radius 2 is 2.14 bits per heavy atom. The van der Waals surface area contributed by atoms with Crippen molar-refractivity contribution in [3.05, 3.63) is 18.3 Å². The van der Waals surface area contributed by atoms with Gasteiger partial charge >= 0.3 is 0 Å². The highest BCUT2D eigenvalue weighted by atomic mass is 32.2. The van der Waals surface area contributed by atoms with Crippen molar-refractivity contribution in [1.82, 2.24) is 9.71 Å². The molecule has 2 atom stereocenters. The first-order chi connectivity index (χ1) is 10.1. The number of aromatic nitrogens is 1. The first-order valence-electron chi connectivity index (χ1n) is 7.78. The van der Waals surface area contributed by atoms with Crippen molar-refractivity contribution in [2.75, 3.05) is 11.9 Å². The predicted molar refractivity (Wildman–Crippen MR) is 84.8 cm³/mol. The summed E-state index contributed by atoms with van der Waals surface area (Å²) in [7, 11) is -3.57. The molecule has 2 unspecified atom stereocenters. The number of rotatable bonds is 6. The van der Waals surface area contributed by atoms with Gasteiger partial charge in [-0.15, -0.1) is 0 Å². The largest absolute Gasteiger partial charge is 0.383 e. The van der Waals surface area contributed by atoms with E-state index in [1.807, 2.05) is 6.92 Å². The molecule has 118 valence electrons. The van der Waals surface area contributed by atoms with E-state index >= 15 is 0 Å². The van der Waals surface area contributed by atoms with Crippen LogP contribution in [0.2, 0.25) is 0 Å². The molecule has 2 rings (SSSR count). The summed E-state index contributed by atoms with van der Waals surface area (Å²) in [6.07, 6.45) is 6.78. The molecule has 2 N–H and O–H groups in total. The van der Waals surface area contributed by atoms with Crippen LogP contribution in [0.3, 0.4) is 0 Å². The van der Waals surface area contributed by atoms with Crippen molar-refractivity contribution < 1.29 is 8.42 Å². The minimum Gasteiger partial charge on any atom is -0.383 e. The van der Waals surface area contributed by atoms with Crippen LogP contribution in [0.25, 0.3) is 0 Å². The monoisotopic (exact) mass is 311 g/mol. The lowest BCUT2D eigenvalue weighted by Gasteiger charge is -2.28. The molecule has 1 heterocycles. The maximum Gasteiger partial charge on any atom is 0.260 e. The van der Waals surface area contributed by atoms with Crippen molar-refractivity contribution in [3.8, 4) is 0 Å². The number of anilines is 1. The summed E-state index contributed by atoms with van der Waals surface area (Å²) in [6.45, 7) is 4.77. The summed E-state index contributed by atoms with van der Waals surface area (Å²) in [5, 5.41) is 3.16. The fourth-order valence-corrected chi connectivity index (χ4v) is 4.37. The lowest BCUT2D eigenvalue weighted by atomic mass is 9.85. The van der Waals surface area contributed by atoms with Gasteiger partial charge in [0.1, 0.15) is 0 Å². The zero-order chi connectivity index (χ0) is 15.3. The van der Waals surface area contributed by atoms with E-state index in [-0.39, 0.29) is 11.1 Å². The molecule has 0 aromatic carbocycles. The van der Waals surface area contributed by atoms with E-state index < -0.39 is 10.0 Å². The lowest BCUT2D eigenvalue weighted by Crippen LogP contribution is -2.38. The highest BCUT2D eigenvalue weighted by Gasteiger charge is 2.27. The maximum absolute atomic E-state index is 12.6. The highest BCUT2D eigenvalue weighted by molar-refractivity contribution is 7.89. The van der Waals surface area contributed by atoms with Crippen LogP contribution in [0.15, 0.2) is 23.4 Å². The first kappa shape index (κ1) is 16.2. The van der Waals surface area contributed by atoms with E-state index in [4.69, 9.17) is 0 Å². The summed E-state index contributed by atoms with van der Waals surface area (Å²) in [5.41, 5.74) is 0.565. The molecule has 1 saturated carbocycles. The molecule has 5 nitrogen and oxygen atoms in total. The van der Waals surface area contributed by atoms with Crippen LogP contribution in [-0.2, 0) is 10.0 Å². The van der Waals surface area contributed by atoms with Gasteiger partial charge in [0.25, 0.3) is 10.0 Å².